The first kappa shape index (κ1) is 399. The molecule has 0 unspecified atom stereocenters. The number of hydrogen-bond donors (Lipinski definition) is 0. The van der Waals surface area contributed by atoms with Gasteiger partial charge in [0.2, 0.25) is 0 Å². The van der Waals surface area contributed by atoms with Gasteiger partial charge in [-0.1, -0.05) is 70.6 Å². The molecule has 0 heterocycles. The van der Waals surface area contributed by atoms with E-state index in [4.69, 9.17) is 2.71 Å². The van der Waals surface area contributed by atoms with Crippen molar-refractivity contribution in [2.45, 2.75) is 70.6 Å². The Kier molecular flexibility index (Phi) is 5540. The molecule has 22 heteroatoms. The molecule has 0 saturated heterocycles. The Labute approximate surface area is 834 Å². The van der Waals surface area contributed by atoms with E-state index >= 15 is 0 Å². The van der Waals surface area contributed by atoms with Gasteiger partial charge in [0.25, 0.3) is 0 Å². The van der Waals surface area contributed by atoms with E-state index in [0.717, 1.165) is 0 Å². The quantitative estimate of drug-likeness (QED) is 0.129. The maximum absolute atomic E-state index is 5.75. The number of hydrogen-bond acceptors (Lipinski definition) is 0. The first-order chi connectivity index (χ1) is 7.00. The fourth-order valence-electron chi connectivity index (χ4n) is 0. The fourth-order valence-corrected chi connectivity index (χ4v) is 0. The second-order valence-electron chi connectivity index (χ2n) is 0. The van der Waals surface area contributed by atoms with Crippen LogP contribution in [-0.2, 0) is 654 Å². The minimum absolute atomic E-state index is 0. The number of terminal acetylenes is 1. The molecule has 0 aliphatic rings. The Morgan fingerprint density at radius 1 is 0.271 bits per heavy atom. The van der Waals surface area contributed by atoms with E-state index in [2.05, 4.69) is 29.1 Å². The summed E-state index contributed by atoms with van der Waals surface area (Å²) in [5.74, 6) is 0. The Balaban J connectivity index is -0.000000000249. The molecule has 0 aromatic carbocycles. The zero-order valence-electron chi connectivity index (χ0n) is 37.9. The van der Waals surface area contributed by atoms with Crippen LogP contribution in [0.2, 0.25) is 6.82 Å². The fraction of sp³-hybridized carbons (Fsp3) is 0.385. The SMILES string of the molecule is C.C.C#C.CC.CC.CC.[2H]C.[2H][B].[B]C.[CH3-].[CH3-].[CH3-].[CH3-].[CH3-].[CH3-].[CH3-].[CH3-].[CH3-].[CH3-].[CH3-].[CH3-].[CH3-].[CH3-].[Y].[Y].[Y].[Y].[Y].[Y].[Y].[Y].[Y].[Y].[Y].[Y].[Y].[Y].[Y].[Y].[Y].[Y].[Y].[Y]. The van der Waals surface area contributed by atoms with Gasteiger partial charge in [0, 0.05) is 664 Å². The van der Waals surface area contributed by atoms with Crippen molar-refractivity contribution in [2.75, 3.05) is 0 Å². The zero-order chi connectivity index (χ0) is 14.0. The van der Waals surface area contributed by atoms with E-state index in [1.807, 2.05) is 41.5 Å². The van der Waals surface area contributed by atoms with Crippen LogP contribution >= 0.6 is 0 Å². The first-order valence-electron chi connectivity index (χ1n) is 5.49. The van der Waals surface area contributed by atoms with E-state index in [-0.39, 0.29) is 773 Å². The van der Waals surface area contributed by atoms with Gasteiger partial charge in [-0.05, 0) is 1.34 Å². The molecular weight excluding hydrogens is 2110 g/mol. The van der Waals surface area contributed by atoms with Crippen LogP contribution in [0.1, 0.15) is 65.2 Å². The molecule has 0 atom stereocenters. The van der Waals surface area contributed by atoms with Gasteiger partial charge in [-0.3, -0.25) is 0 Å². The third-order valence-corrected chi connectivity index (χ3v) is 0. The van der Waals surface area contributed by atoms with E-state index in [9.17, 15) is 0 Å². The second kappa shape index (κ2) is 667. The van der Waals surface area contributed by atoms with Crippen LogP contribution in [-0.4, -0.2) is 17.6 Å². The minimum Gasteiger partial charge on any atom is -0.358 e. The van der Waals surface area contributed by atoms with E-state index in [0.29, 0.717) is 0 Å². The van der Waals surface area contributed by atoms with Crippen LogP contribution in [0.4, 0.5) is 0 Å². The summed E-state index contributed by atoms with van der Waals surface area (Å²) in [6, 6.07) is 0. The van der Waals surface area contributed by atoms with Crippen LogP contribution in [0.5, 0.6) is 0 Å². The Bertz CT molecular complexity index is 74.3. The summed E-state index contributed by atoms with van der Waals surface area (Å²) < 4.78 is 11.0. The van der Waals surface area contributed by atoms with Crippen molar-refractivity contribution in [1.82, 2.24) is 0 Å². The second-order valence-corrected chi connectivity index (χ2v) is 0. The van der Waals surface area contributed by atoms with Crippen LogP contribution in [0.15, 0.2) is 0 Å². The largest absolute Gasteiger partial charge is 0.358 e. The van der Waals surface area contributed by atoms with Gasteiger partial charge >= 0.3 is 0 Å². The van der Waals surface area contributed by atoms with Gasteiger partial charge in [-0.25, -0.2) is 0 Å². The average Bonchev–Trinajstić information content (AvgIpc) is 2.45. The van der Waals surface area contributed by atoms with Crippen molar-refractivity contribution in [3.05, 3.63) is 104 Å². The topological polar surface area (TPSA) is 0 Å². The molecular formula is C26H78B2Y20-14. The Hall–Kier alpha value is 21.8. The standard InChI is InChI=1S/3C2H6.C2H2.CH3B.3CH4.14CH3.BH.20Y/c5*1-2;;;;;;;;;;;;;;;;;;;;;;;;;;;;;;;;;;;;;;/h3*1-2H3;1-2H;1H3;3*1H4;14*1H3;1H;;;;;;;;;;;;;;;;;;;;/q;;;;;;;;14*-1;;;;;;;;;;;;;;;;;;;;;/i;;;;;1D;;;;;;;;;;;;;;;;;1D;;;;;;;;;;;;;;;;;;;;. The average molecular weight is 2190 g/mol. The maximum atomic E-state index is 5.75. The Morgan fingerprint density at radius 3 is 0.271 bits per heavy atom. The summed E-state index contributed by atoms with van der Waals surface area (Å²) in [5.41, 5.74) is 0. The van der Waals surface area contributed by atoms with Gasteiger partial charge in [-0.2, -0.15) is 0 Å². The normalized spacial score (nSPS) is 0.792. The summed E-state index contributed by atoms with van der Waals surface area (Å²) in [7, 11) is 9.50. The molecule has 0 fully saturated rings. The van der Waals surface area contributed by atoms with Crippen LogP contribution in [0.25, 0.3) is 0 Å². The molecule has 0 saturated carbocycles. The smallest absolute Gasteiger partial charge is 0.0606 e. The van der Waals surface area contributed by atoms with Crippen LogP contribution in [0, 0.1) is 117 Å². The van der Waals surface area contributed by atoms with Gasteiger partial charge in [0.1, 0.15) is 0 Å². The monoisotopic (exact) mass is 2190 g/mol. The molecule has 0 aromatic heterocycles. The van der Waals surface area contributed by atoms with Crippen LogP contribution in [0.3, 0.4) is 0 Å². The predicted molar refractivity (Wildman–Crippen MR) is 173 cm³/mol. The molecule has 0 spiro atoms. The molecule has 48 heavy (non-hydrogen) atoms. The number of rotatable bonds is 0. The zero-order valence-corrected chi connectivity index (χ0v) is 92.6. The predicted octanol–water partition coefficient (Wildman–Crippen LogP) is 11.0. The maximum Gasteiger partial charge on any atom is 0.0606 e. The van der Waals surface area contributed by atoms with Gasteiger partial charge in [0.15, 0.2) is 0 Å². The van der Waals surface area contributed by atoms with Crippen molar-refractivity contribution in [2.24, 2.45) is 0 Å². The third kappa shape index (κ3) is 638. The molecule has 0 aliphatic heterocycles. The summed E-state index contributed by atoms with van der Waals surface area (Å²) >= 11 is 0. The van der Waals surface area contributed by atoms with E-state index < -0.39 is 0 Å². The molecule has 0 nitrogen and oxygen atoms in total. The minimum atomic E-state index is 0. The molecule has 0 rings (SSSR count). The van der Waals surface area contributed by atoms with Crippen LogP contribution < -0.4 is 0 Å². The molecule has 0 aromatic rings. The summed E-state index contributed by atoms with van der Waals surface area (Å²) in [6.07, 6.45) is 8.00. The van der Waals surface area contributed by atoms with Crippen molar-refractivity contribution in [3.63, 3.8) is 0 Å². The summed E-state index contributed by atoms with van der Waals surface area (Å²) in [6.45, 7) is 13.5. The molecule has 0 amide bonds. The summed E-state index contributed by atoms with van der Waals surface area (Å²) in [5, 5.41) is 0. The Morgan fingerprint density at radius 2 is 0.271 bits per heavy atom. The molecule has 0 N–H and O–H groups in total. The molecule has 24 radical (unpaired) electrons. The summed E-state index contributed by atoms with van der Waals surface area (Å²) in [4.78, 5) is 0. The molecule has 0 bridgehead atoms. The van der Waals surface area contributed by atoms with E-state index in [1.54, 1.807) is 0 Å². The molecule has 262 valence electrons. The molecule has 0 aliphatic carbocycles. The van der Waals surface area contributed by atoms with Gasteiger partial charge in [0.05, 0.1) is 7.85 Å². The van der Waals surface area contributed by atoms with Crippen molar-refractivity contribution in [3.8, 4) is 12.8 Å². The van der Waals surface area contributed by atoms with Gasteiger partial charge in [-0.15, -0.1) is 12.8 Å². The van der Waals surface area contributed by atoms with E-state index in [1.165, 1.54) is 14.2 Å². The van der Waals surface area contributed by atoms with Crippen molar-refractivity contribution >= 4 is 16.2 Å². The van der Waals surface area contributed by atoms with Crippen molar-refractivity contribution < 1.29 is 656 Å². The van der Waals surface area contributed by atoms with Gasteiger partial charge < -0.3 is 104 Å². The first-order valence-corrected chi connectivity index (χ1v) is 3.91. The van der Waals surface area contributed by atoms with Crippen molar-refractivity contribution in [1.29, 1.82) is 1.34 Å². The third-order valence-electron chi connectivity index (χ3n) is 0.